The molecule has 0 bridgehead atoms. The zero-order chi connectivity index (χ0) is 34.4. The van der Waals surface area contributed by atoms with Crippen molar-refractivity contribution in [2.45, 2.75) is 96.1 Å². The minimum Gasteiger partial charge on any atom is -0.491 e. The normalized spacial score (nSPS) is 26.1. The molecule has 0 radical (unpaired) electrons. The third kappa shape index (κ3) is 9.13. The first-order valence-electron chi connectivity index (χ1n) is 18.0. The van der Waals surface area contributed by atoms with Crippen molar-refractivity contribution in [2.24, 2.45) is 17.8 Å². The highest BCUT2D eigenvalue weighted by molar-refractivity contribution is 7.84. The maximum atomic E-state index is 13.5. The number of benzene rings is 2. The summed E-state index contributed by atoms with van der Waals surface area (Å²) in [7, 11) is 2.65. The fourth-order valence-corrected chi connectivity index (χ4v) is 8.52. The number of halogens is 1. The first-order chi connectivity index (χ1) is 23.1. The number of nitrogens with one attached hydrogen (secondary N) is 1. The highest BCUT2D eigenvalue weighted by Gasteiger charge is 2.38. The Morgan fingerprint density at radius 2 is 1.79 bits per heavy atom. The van der Waals surface area contributed by atoms with Gasteiger partial charge in [-0.3, -0.25) is 9.52 Å². The average Bonchev–Trinajstić information content (AvgIpc) is 3.24. The van der Waals surface area contributed by atoms with E-state index in [1.165, 1.54) is 11.1 Å². The lowest BCUT2D eigenvalue weighted by Gasteiger charge is -2.43. The first-order valence-corrected chi connectivity index (χ1v) is 19.6. The SMILES string of the molecule is CCCc1cc(Cl)ccc1C1COc2ccc(C(=O)NS(=O)C(C)C(C)CCC)cc2N(CC2CCC2CC2OCC(N(C)C)CO2)C1. The van der Waals surface area contributed by atoms with Crippen LogP contribution in [0.2, 0.25) is 5.02 Å². The summed E-state index contributed by atoms with van der Waals surface area (Å²) < 4.78 is 34.7. The lowest BCUT2D eigenvalue weighted by atomic mass is 9.71. The number of hydrogen-bond donors (Lipinski definition) is 1. The van der Waals surface area contributed by atoms with Crippen LogP contribution in [-0.2, 0) is 26.9 Å². The predicted octanol–water partition coefficient (Wildman–Crippen LogP) is 7.21. The number of ether oxygens (including phenoxy) is 3. The van der Waals surface area contributed by atoms with Gasteiger partial charge in [0.25, 0.3) is 5.91 Å². The van der Waals surface area contributed by atoms with Gasteiger partial charge in [0.2, 0.25) is 0 Å². The number of anilines is 1. The van der Waals surface area contributed by atoms with Gasteiger partial charge in [0, 0.05) is 36.0 Å². The minimum atomic E-state index is -1.47. The van der Waals surface area contributed by atoms with Crippen molar-refractivity contribution in [1.82, 2.24) is 9.62 Å². The van der Waals surface area contributed by atoms with E-state index >= 15 is 0 Å². The molecule has 10 heteroatoms. The number of nitrogens with zero attached hydrogens (tertiary/aromatic N) is 2. The van der Waals surface area contributed by atoms with Gasteiger partial charge in [-0.1, -0.05) is 51.3 Å². The maximum Gasteiger partial charge on any atom is 0.263 e. The maximum absolute atomic E-state index is 13.5. The van der Waals surface area contributed by atoms with Gasteiger partial charge in [0.15, 0.2) is 6.29 Å². The molecule has 2 aliphatic heterocycles. The molecule has 1 N–H and O–H groups in total. The molecule has 1 amide bonds. The zero-order valence-corrected chi connectivity index (χ0v) is 31.3. The largest absolute Gasteiger partial charge is 0.491 e. The van der Waals surface area contributed by atoms with Gasteiger partial charge in [-0.25, -0.2) is 4.21 Å². The van der Waals surface area contributed by atoms with E-state index in [0.29, 0.717) is 43.3 Å². The molecule has 8 nitrogen and oxygen atoms in total. The summed E-state index contributed by atoms with van der Waals surface area (Å²) in [5.74, 6) is 1.82. The van der Waals surface area contributed by atoms with Crippen molar-refractivity contribution < 1.29 is 23.2 Å². The van der Waals surface area contributed by atoms with Crippen molar-refractivity contribution in [1.29, 1.82) is 0 Å². The third-order valence-electron chi connectivity index (χ3n) is 10.8. The van der Waals surface area contributed by atoms with Crippen molar-refractivity contribution in [3.63, 3.8) is 0 Å². The molecule has 6 atom stereocenters. The molecule has 5 rings (SSSR count). The Balaban J connectivity index is 1.37. The van der Waals surface area contributed by atoms with Gasteiger partial charge in [0.1, 0.15) is 16.7 Å². The van der Waals surface area contributed by atoms with Crippen molar-refractivity contribution >= 4 is 34.2 Å². The van der Waals surface area contributed by atoms with Crippen LogP contribution in [0.5, 0.6) is 5.75 Å². The van der Waals surface area contributed by atoms with Gasteiger partial charge in [-0.2, -0.15) is 0 Å². The fourth-order valence-electron chi connectivity index (χ4n) is 7.29. The Bertz CT molecular complexity index is 1400. The number of carbonyl (C=O) groups is 1. The lowest BCUT2D eigenvalue weighted by molar-refractivity contribution is -0.212. The molecule has 0 aromatic heterocycles. The van der Waals surface area contributed by atoms with E-state index in [1.54, 1.807) is 6.07 Å². The molecule has 1 aliphatic carbocycles. The molecule has 0 spiro atoms. The van der Waals surface area contributed by atoms with Crippen molar-refractivity contribution in [2.75, 3.05) is 51.9 Å². The van der Waals surface area contributed by atoms with Crippen molar-refractivity contribution in [3.8, 4) is 5.75 Å². The quantitative estimate of drug-likeness (QED) is 0.223. The summed E-state index contributed by atoms with van der Waals surface area (Å²) in [4.78, 5) is 18.1. The number of likely N-dealkylation sites (N-methyl/N-ethyl adjacent to an activating group) is 1. The molecule has 1 saturated carbocycles. The molecule has 2 fully saturated rings. The third-order valence-corrected chi connectivity index (χ3v) is 12.5. The van der Waals surface area contributed by atoms with Crippen LogP contribution in [0.3, 0.4) is 0 Å². The highest BCUT2D eigenvalue weighted by atomic mass is 35.5. The Kier molecular flexibility index (Phi) is 13.3. The van der Waals surface area contributed by atoms with Crippen LogP contribution >= 0.6 is 11.6 Å². The Morgan fingerprint density at radius 3 is 2.46 bits per heavy atom. The van der Waals surface area contributed by atoms with Gasteiger partial charge in [-0.15, -0.1) is 0 Å². The second-order valence-corrected chi connectivity index (χ2v) is 16.4. The lowest BCUT2D eigenvalue weighted by Crippen LogP contribution is -2.46. The van der Waals surface area contributed by atoms with E-state index in [9.17, 15) is 9.00 Å². The monoisotopic (exact) mass is 701 g/mol. The summed E-state index contributed by atoms with van der Waals surface area (Å²) in [6, 6.07) is 12.2. The number of fused-ring (bicyclic) bond motifs is 1. The Hall–Kier alpha value is -2.17. The average molecular weight is 702 g/mol. The van der Waals surface area contributed by atoms with E-state index in [0.717, 1.165) is 74.5 Å². The summed E-state index contributed by atoms with van der Waals surface area (Å²) in [6.45, 7) is 11.9. The summed E-state index contributed by atoms with van der Waals surface area (Å²) in [5.41, 5.74) is 3.95. The topological polar surface area (TPSA) is 80.3 Å². The van der Waals surface area contributed by atoms with Crippen molar-refractivity contribution in [3.05, 3.63) is 58.1 Å². The molecule has 6 unspecified atom stereocenters. The van der Waals surface area contributed by atoms with E-state index in [-0.39, 0.29) is 29.3 Å². The number of amides is 1. The Morgan fingerprint density at radius 1 is 1.04 bits per heavy atom. The molecule has 2 aromatic rings. The fraction of sp³-hybridized carbons (Fsp3) is 0.658. The number of hydrogen-bond acceptors (Lipinski definition) is 7. The molecular weight excluding hydrogens is 646 g/mol. The van der Waals surface area contributed by atoms with Crippen LogP contribution in [-0.4, -0.2) is 79.6 Å². The molecule has 48 heavy (non-hydrogen) atoms. The standard InChI is InChI=1S/C38H56ClN3O5S/c1-7-9-25(3)26(4)48(44)40-38(43)29-13-16-36-35(18-29)42(21-31(22-45-36)34-15-14-32(39)17-28(34)10-8-2)20-30-12-11-27(30)19-37-46-23-33(24-47-37)41(5)6/h13-18,25-27,30-31,33,37H,7-12,19-24H2,1-6H3,(H,40,43). The zero-order valence-electron chi connectivity index (χ0n) is 29.7. The highest BCUT2D eigenvalue weighted by Crippen LogP contribution is 2.43. The van der Waals surface area contributed by atoms with Crippen LogP contribution in [0.4, 0.5) is 5.69 Å². The van der Waals surface area contributed by atoms with Crippen LogP contribution in [0.25, 0.3) is 0 Å². The molecule has 2 aromatic carbocycles. The first kappa shape index (κ1) is 37.1. The number of rotatable bonds is 14. The molecular formula is C38H56ClN3O5S. The molecule has 1 saturated heterocycles. The summed E-state index contributed by atoms with van der Waals surface area (Å²) in [5, 5.41) is 0.623. The Labute approximate surface area is 295 Å². The van der Waals surface area contributed by atoms with Gasteiger partial charge in [0.05, 0.1) is 36.8 Å². The van der Waals surface area contributed by atoms with Gasteiger partial charge < -0.3 is 24.0 Å². The van der Waals surface area contributed by atoms with Crippen LogP contribution in [0, 0.1) is 17.8 Å². The predicted molar refractivity (Wildman–Crippen MR) is 195 cm³/mol. The van der Waals surface area contributed by atoms with Gasteiger partial charge in [-0.05, 0) is 106 Å². The van der Waals surface area contributed by atoms with Crippen LogP contribution < -0.4 is 14.4 Å². The smallest absolute Gasteiger partial charge is 0.263 e. The summed E-state index contributed by atoms with van der Waals surface area (Å²) in [6.07, 6.45) is 7.02. The van der Waals surface area contributed by atoms with E-state index in [1.807, 2.05) is 25.1 Å². The van der Waals surface area contributed by atoms with Crippen LogP contribution in [0.1, 0.15) is 93.6 Å². The van der Waals surface area contributed by atoms with Gasteiger partial charge >= 0.3 is 0 Å². The van der Waals surface area contributed by atoms with E-state index in [2.05, 4.69) is 61.5 Å². The van der Waals surface area contributed by atoms with E-state index in [4.69, 9.17) is 25.8 Å². The van der Waals surface area contributed by atoms with E-state index < -0.39 is 11.0 Å². The second-order valence-electron chi connectivity index (χ2n) is 14.4. The number of aryl methyl sites for hydroxylation is 1. The number of carbonyl (C=O) groups excluding carboxylic acids is 1. The molecule has 3 aliphatic rings. The minimum absolute atomic E-state index is 0.131. The van der Waals surface area contributed by atoms with Crippen LogP contribution in [0.15, 0.2) is 36.4 Å². The summed E-state index contributed by atoms with van der Waals surface area (Å²) >= 11 is 6.45. The second kappa shape index (κ2) is 17.2. The molecule has 2 heterocycles. The molecule has 266 valence electrons.